The molecule has 32 heavy (non-hydrogen) atoms. The first kappa shape index (κ1) is 28.1. The summed E-state index contributed by atoms with van der Waals surface area (Å²) in [6, 6.07) is 14.4. The molecule has 0 aromatic heterocycles. The molecule has 8 nitrogen and oxygen atoms in total. The minimum Gasteiger partial charge on any atom is -0.493 e. The Hall–Kier alpha value is -1.89. The van der Waals surface area contributed by atoms with Crippen LogP contribution in [0.2, 0.25) is 0 Å². The van der Waals surface area contributed by atoms with Gasteiger partial charge in [0.25, 0.3) is 0 Å². The van der Waals surface area contributed by atoms with Gasteiger partial charge in [-0.3, -0.25) is 0 Å². The summed E-state index contributed by atoms with van der Waals surface area (Å²) >= 11 is 0. The van der Waals surface area contributed by atoms with Gasteiger partial charge < -0.3 is 20.1 Å². The van der Waals surface area contributed by atoms with Crippen molar-refractivity contribution >= 4 is 45.6 Å². The maximum Gasteiger partial charge on any atom is 0.242 e. The molecule has 0 radical (unpaired) electrons. The van der Waals surface area contributed by atoms with Gasteiger partial charge in [-0.2, -0.15) is 0 Å². The number of nitrogens with one attached hydrogen (secondary N) is 2. The largest absolute Gasteiger partial charge is 0.493 e. The first-order chi connectivity index (χ1) is 14.9. The quantitative estimate of drug-likeness (QED) is 0.184. The van der Waals surface area contributed by atoms with Crippen LogP contribution in [0.3, 0.4) is 0 Å². The summed E-state index contributed by atoms with van der Waals surface area (Å²) in [5.74, 6) is 1.40. The van der Waals surface area contributed by atoms with Gasteiger partial charge in [-0.25, -0.2) is 17.7 Å². The standard InChI is InChI=1S/C22H32N4O4S.HI/c1-5-23-22(25-19-8-6-9-20(16-19)30-15-7-14-29-4)24-17-18-10-12-21(13-11-18)31(27,28)26(2)3;/h6,8-13,16H,5,7,14-15,17H2,1-4H3,(H2,23,24,25);1H. The number of aliphatic imine (C=N–C) groups is 1. The van der Waals surface area contributed by atoms with Crippen LogP contribution in [0.15, 0.2) is 58.4 Å². The molecule has 2 rings (SSSR count). The molecular formula is C22H33IN4O4S. The number of rotatable bonds is 11. The van der Waals surface area contributed by atoms with Crippen LogP contribution in [0.5, 0.6) is 5.75 Å². The minimum absolute atomic E-state index is 0. The van der Waals surface area contributed by atoms with Crippen molar-refractivity contribution in [2.45, 2.75) is 24.8 Å². The highest BCUT2D eigenvalue weighted by molar-refractivity contribution is 14.0. The fourth-order valence-electron chi connectivity index (χ4n) is 2.65. The lowest BCUT2D eigenvalue weighted by Gasteiger charge is -2.13. The Morgan fingerprint density at radius 2 is 1.81 bits per heavy atom. The second-order valence-corrected chi connectivity index (χ2v) is 9.13. The number of hydrogen-bond donors (Lipinski definition) is 2. The second-order valence-electron chi connectivity index (χ2n) is 6.97. The molecule has 0 heterocycles. The van der Waals surface area contributed by atoms with Gasteiger partial charge in [-0.15, -0.1) is 24.0 Å². The lowest BCUT2D eigenvalue weighted by molar-refractivity contribution is 0.172. The van der Waals surface area contributed by atoms with E-state index in [2.05, 4.69) is 15.6 Å². The molecule has 0 spiro atoms. The molecule has 10 heteroatoms. The van der Waals surface area contributed by atoms with E-state index in [4.69, 9.17) is 9.47 Å². The summed E-state index contributed by atoms with van der Waals surface area (Å²) < 4.78 is 36.3. The van der Waals surface area contributed by atoms with E-state index in [0.717, 1.165) is 23.4 Å². The predicted molar refractivity (Wildman–Crippen MR) is 140 cm³/mol. The van der Waals surface area contributed by atoms with Crippen molar-refractivity contribution in [1.82, 2.24) is 9.62 Å². The molecular weight excluding hydrogens is 543 g/mol. The van der Waals surface area contributed by atoms with Crippen molar-refractivity contribution in [2.24, 2.45) is 4.99 Å². The molecule has 0 saturated heterocycles. The third-order valence-electron chi connectivity index (χ3n) is 4.32. The second kappa shape index (κ2) is 14.3. The lowest BCUT2D eigenvalue weighted by atomic mass is 10.2. The predicted octanol–water partition coefficient (Wildman–Crippen LogP) is 3.55. The van der Waals surface area contributed by atoms with Gasteiger partial charge in [0.15, 0.2) is 5.96 Å². The van der Waals surface area contributed by atoms with E-state index in [1.54, 1.807) is 31.4 Å². The fourth-order valence-corrected chi connectivity index (χ4v) is 3.55. The van der Waals surface area contributed by atoms with Crippen LogP contribution in [0.25, 0.3) is 0 Å². The zero-order valence-electron chi connectivity index (χ0n) is 19.0. The highest BCUT2D eigenvalue weighted by Gasteiger charge is 2.16. The van der Waals surface area contributed by atoms with E-state index in [0.29, 0.717) is 32.3 Å². The Bertz CT molecular complexity index is 951. The SMILES string of the molecule is CCNC(=NCc1ccc(S(=O)(=O)N(C)C)cc1)Nc1cccc(OCCCOC)c1.I. The summed E-state index contributed by atoms with van der Waals surface area (Å²) in [5, 5.41) is 6.48. The Labute approximate surface area is 208 Å². The van der Waals surface area contributed by atoms with Crippen LogP contribution in [-0.4, -0.2) is 59.6 Å². The number of nitrogens with zero attached hydrogens (tertiary/aromatic N) is 2. The molecule has 0 aliphatic carbocycles. The molecule has 0 unspecified atom stereocenters. The van der Waals surface area contributed by atoms with E-state index in [1.165, 1.54) is 18.4 Å². The van der Waals surface area contributed by atoms with Gasteiger partial charge in [0, 0.05) is 52.5 Å². The molecule has 2 aromatic carbocycles. The van der Waals surface area contributed by atoms with Gasteiger partial charge in [-0.1, -0.05) is 18.2 Å². The molecule has 0 aliphatic rings. The van der Waals surface area contributed by atoms with Crippen molar-refractivity contribution in [3.63, 3.8) is 0 Å². The van der Waals surface area contributed by atoms with Crippen molar-refractivity contribution in [2.75, 3.05) is 46.3 Å². The normalized spacial score (nSPS) is 11.7. The molecule has 178 valence electrons. The van der Waals surface area contributed by atoms with Crippen molar-refractivity contribution in [3.8, 4) is 5.75 Å². The van der Waals surface area contributed by atoms with Crippen LogP contribution >= 0.6 is 24.0 Å². The highest BCUT2D eigenvalue weighted by Crippen LogP contribution is 2.18. The first-order valence-electron chi connectivity index (χ1n) is 10.2. The van der Waals surface area contributed by atoms with Gasteiger partial charge in [-0.05, 0) is 36.8 Å². The highest BCUT2D eigenvalue weighted by atomic mass is 127. The maximum atomic E-state index is 12.2. The van der Waals surface area contributed by atoms with Crippen LogP contribution < -0.4 is 15.4 Å². The third kappa shape index (κ3) is 8.93. The summed E-state index contributed by atoms with van der Waals surface area (Å²) in [5.41, 5.74) is 1.77. The average Bonchev–Trinajstić information content (AvgIpc) is 2.76. The molecule has 2 aromatic rings. The van der Waals surface area contributed by atoms with Crippen molar-refractivity contribution in [3.05, 3.63) is 54.1 Å². The number of sulfonamides is 1. The summed E-state index contributed by atoms with van der Waals surface area (Å²) in [6.07, 6.45) is 0.826. The Morgan fingerprint density at radius 3 is 2.44 bits per heavy atom. The zero-order valence-corrected chi connectivity index (χ0v) is 22.1. The Morgan fingerprint density at radius 1 is 1.09 bits per heavy atom. The number of anilines is 1. The Kier molecular flexibility index (Phi) is 12.6. The Balaban J connectivity index is 0.00000512. The number of hydrogen-bond acceptors (Lipinski definition) is 5. The lowest BCUT2D eigenvalue weighted by Crippen LogP contribution is -2.30. The van der Waals surface area contributed by atoms with Crippen molar-refractivity contribution in [1.29, 1.82) is 0 Å². The van der Waals surface area contributed by atoms with E-state index in [-0.39, 0.29) is 28.9 Å². The van der Waals surface area contributed by atoms with Gasteiger partial charge in [0.2, 0.25) is 10.0 Å². The smallest absolute Gasteiger partial charge is 0.242 e. The first-order valence-corrected chi connectivity index (χ1v) is 11.6. The maximum absolute atomic E-state index is 12.2. The van der Waals surface area contributed by atoms with Crippen LogP contribution in [-0.2, 0) is 21.3 Å². The number of benzene rings is 2. The summed E-state index contributed by atoms with van der Waals surface area (Å²) in [7, 11) is 1.27. The average molecular weight is 577 g/mol. The number of ether oxygens (including phenoxy) is 2. The molecule has 0 atom stereocenters. The number of halogens is 1. The fraction of sp³-hybridized carbons (Fsp3) is 0.409. The van der Waals surface area contributed by atoms with Gasteiger partial charge in [0.1, 0.15) is 5.75 Å². The van der Waals surface area contributed by atoms with Crippen LogP contribution in [0.4, 0.5) is 5.69 Å². The van der Waals surface area contributed by atoms with Gasteiger partial charge in [0.05, 0.1) is 18.0 Å². The molecule has 0 bridgehead atoms. The van der Waals surface area contributed by atoms with Crippen LogP contribution in [0.1, 0.15) is 18.9 Å². The van der Waals surface area contributed by atoms with Crippen molar-refractivity contribution < 1.29 is 17.9 Å². The molecule has 0 aliphatic heterocycles. The van der Waals surface area contributed by atoms with E-state index in [9.17, 15) is 8.42 Å². The van der Waals surface area contributed by atoms with E-state index >= 15 is 0 Å². The molecule has 0 fully saturated rings. The third-order valence-corrected chi connectivity index (χ3v) is 6.15. The number of methoxy groups -OCH3 is 1. The molecule has 0 saturated carbocycles. The van der Waals surface area contributed by atoms with E-state index < -0.39 is 10.0 Å². The topological polar surface area (TPSA) is 92.3 Å². The molecule has 0 amide bonds. The van der Waals surface area contributed by atoms with Gasteiger partial charge >= 0.3 is 0 Å². The number of guanidine groups is 1. The monoisotopic (exact) mass is 576 g/mol. The minimum atomic E-state index is -3.43. The summed E-state index contributed by atoms with van der Waals surface area (Å²) in [4.78, 5) is 4.86. The zero-order chi connectivity index (χ0) is 22.7. The van der Waals surface area contributed by atoms with E-state index in [1.807, 2.05) is 31.2 Å². The van der Waals surface area contributed by atoms with Crippen LogP contribution in [0, 0.1) is 0 Å². The molecule has 2 N–H and O–H groups in total. The summed E-state index contributed by atoms with van der Waals surface area (Å²) in [6.45, 7) is 4.36.